The molecule has 1 amide bonds. The van der Waals surface area contributed by atoms with E-state index in [-0.39, 0.29) is 11.3 Å². The fraction of sp³-hybridized carbons (Fsp3) is 0.500. The third-order valence-corrected chi connectivity index (χ3v) is 4.47. The summed E-state index contributed by atoms with van der Waals surface area (Å²) in [6.45, 7) is 4.44. The number of carbonyl (C=O) groups is 1. The number of anilines is 1. The number of benzene rings is 1. The Kier molecular flexibility index (Phi) is 5.03. The minimum absolute atomic E-state index is 0.141. The van der Waals surface area contributed by atoms with Crippen LogP contribution in [0.25, 0.3) is 0 Å². The van der Waals surface area contributed by atoms with Gasteiger partial charge in [-0.25, -0.2) is 0 Å². The minimum Gasteiger partial charge on any atom is -0.324 e. The Balaban J connectivity index is 2.24. The second-order valence-electron chi connectivity index (χ2n) is 5.85. The topological polar surface area (TPSA) is 55.1 Å². The summed E-state index contributed by atoms with van der Waals surface area (Å²) in [5.74, 6) is 6.06. The van der Waals surface area contributed by atoms with Crippen molar-refractivity contribution in [3.8, 4) is 11.8 Å². The molecule has 0 aromatic heterocycles. The number of rotatable bonds is 3. The van der Waals surface area contributed by atoms with Crippen molar-refractivity contribution in [3.05, 3.63) is 29.3 Å². The van der Waals surface area contributed by atoms with Crippen molar-refractivity contribution in [2.45, 2.75) is 46.0 Å². The summed E-state index contributed by atoms with van der Waals surface area (Å²) >= 11 is 0. The predicted molar refractivity (Wildman–Crippen MR) is 86.9 cm³/mol. The van der Waals surface area contributed by atoms with E-state index in [9.17, 15) is 4.79 Å². The standard InChI is InChI=1S/C18H24N2O/c1-3-18(10-4-5-11-18)17(21)20-16-9-8-14(2)13-15(16)7-6-12-19/h8-9,13H,3-5,10-12,19H2,1-2H3,(H,20,21). The van der Waals surface area contributed by atoms with E-state index in [0.29, 0.717) is 6.54 Å². The van der Waals surface area contributed by atoms with Crippen molar-refractivity contribution in [1.82, 2.24) is 0 Å². The lowest BCUT2D eigenvalue weighted by Crippen LogP contribution is -2.33. The molecule has 112 valence electrons. The lowest BCUT2D eigenvalue weighted by Gasteiger charge is -2.26. The Hall–Kier alpha value is -1.79. The minimum atomic E-state index is -0.191. The molecule has 1 aliphatic rings. The maximum atomic E-state index is 12.7. The average molecular weight is 284 g/mol. The van der Waals surface area contributed by atoms with Crippen LogP contribution in [-0.2, 0) is 4.79 Å². The first-order valence-corrected chi connectivity index (χ1v) is 7.72. The monoisotopic (exact) mass is 284 g/mol. The lowest BCUT2D eigenvalue weighted by molar-refractivity contribution is -0.125. The normalized spacial score (nSPS) is 16.1. The Morgan fingerprint density at radius 2 is 2.10 bits per heavy atom. The average Bonchev–Trinajstić information content (AvgIpc) is 2.97. The highest BCUT2D eigenvalue weighted by atomic mass is 16.2. The molecule has 1 aromatic carbocycles. The van der Waals surface area contributed by atoms with Gasteiger partial charge in [-0.2, -0.15) is 0 Å². The van der Waals surface area contributed by atoms with Gasteiger partial charge in [-0.05, 0) is 43.9 Å². The Morgan fingerprint density at radius 3 is 2.71 bits per heavy atom. The molecule has 21 heavy (non-hydrogen) atoms. The highest BCUT2D eigenvalue weighted by Crippen LogP contribution is 2.42. The molecule has 1 saturated carbocycles. The maximum Gasteiger partial charge on any atom is 0.230 e. The Bertz CT molecular complexity index is 575. The van der Waals surface area contributed by atoms with E-state index in [4.69, 9.17) is 5.73 Å². The van der Waals surface area contributed by atoms with E-state index in [1.165, 1.54) is 0 Å². The Morgan fingerprint density at radius 1 is 1.38 bits per heavy atom. The summed E-state index contributed by atoms with van der Waals surface area (Å²) in [6.07, 6.45) is 5.18. The molecule has 0 bridgehead atoms. The molecular formula is C18H24N2O. The summed E-state index contributed by atoms with van der Waals surface area (Å²) in [4.78, 5) is 12.7. The molecule has 3 nitrogen and oxygen atoms in total. The molecule has 0 radical (unpaired) electrons. The van der Waals surface area contributed by atoms with E-state index in [2.05, 4.69) is 24.1 Å². The highest BCUT2D eigenvalue weighted by molar-refractivity contribution is 5.96. The molecule has 0 aliphatic heterocycles. The molecule has 1 aromatic rings. The second-order valence-corrected chi connectivity index (χ2v) is 5.85. The largest absolute Gasteiger partial charge is 0.324 e. The number of amides is 1. The third-order valence-electron chi connectivity index (χ3n) is 4.47. The van der Waals surface area contributed by atoms with E-state index in [1.807, 2.05) is 25.1 Å². The summed E-state index contributed by atoms with van der Waals surface area (Å²) in [5, 5.41) is 3.10. The fourth-order valence-electron chi connectivity index (χ4n) is 3.06. The zero-order valence-corrected chi connectivity index (χ0v) is 13.0. The quantitative estimate of drug-likeness (QED) is 0.837. The SMILES string of the molecule is CCC1(C(=O)Nc2ccc(C)cc2C#CCN)CCCC1. The maximum absolute atomic E-state index is 12.7. The van der Waals surface area contributed by atoms with Crippen LogP contribution < -0.4 is 11.1 Å². The number of carbonyl (C=O) groups excluding carboxylic acids is 1. The first-order valence-electron chi connectivity index (χ1n) is 7.72. The number of nitrogens with one attached hydrogen (secondary N) is 1. The van der Waals surface area contributed by atoms with Crippen molar-refractivity contribution in [2.24, 2.45) is 11.1 Å². The molecule has 1 aliphatic carbocycles. The van der Waals surface area contributed by atoms with Crippen LogP contribution in [0, 0.1) is 24.2 Å². The first kappa shape index (κ1) is 15.6. The summed E-state index contributed by atoms with van der Waals surface area (Å²) in [6, 6.07) is 5.92. The third kappa shape index (κ3) is 3.46. The molecule has 3 N–H and O–H groups in total. The molecule has 0 heterocycles. The molecule has 2 rings (SSSR count). The van der Waals surface area contributed by atoms with Crippen LogP contribution in [0.1, 0.15) is 50.2 Å². The Labute approximate surface area is 127 Å². The van der Waals surface area contributed by atoms with E-state index >= 15 is 0 Å². The van der Waals surface area contributed by atoms with Gasteiger partial charge >= 0.3 is 0 Å². The van der Waals surface area contributed by atoms with E-state index in [0.717, 1.165) is 48.9 Å². The fourth-order valence-corrected chi connectivity index (χ4v) is 3.06. The van der Waals surface area contributed by atoms with Crippen LogP contribution in [0.4, 0.5) is 5.69 Å². The number of nitrogens with two attached hydrogens (primary N) is 1. The van der Waals surface area contributed by atoms with Crippen LogP contribution in [0.3, 0.4) is 0 Å². The van der Waals surface area contributed by atoms with Crippen LogP contribution in [0.2, 0.25) is 0 Å². The smallest absolute Gasteiger partial charge is 0.230 e. The molecule has 3 heteroatoms. The van der Waals surface area contributed by atoms with Gasteiger partial charge in [0.25, 0.3) is 0 Å². The number of hydrogen-bond acceptors (Lipinski definition) is 2. The molecule has 0 saturated heterocycles. The molecule has 0 atom stereocenters. The van der Waals surface area contributed by atoms with E-state index < -0.39 is 0 Å². The summed E-state index contributed by atoms with van der Waals surface area (Å²) < 4.78 is 0. The molecule has 1 fully saturated rings. The lowest BCUT2D eigenvalue weighted by atomic mass is 9.82. The zero-order chi connectivity index (χ0) is 15.3. The van der Waals surface area contributed by atoms with Gasteiger partial charge in [0.1, 0.15) is 0 Å². The van der Waals surface area contributed by atoms with Gasteiger partial charge in [-0.15, -0.1) is 0 Å². The zero-order valence-electron chi connectivity index (χ0n) is 13.0. The molecule has 0 unspecified atom stereocenters. The van der Waals surface area contributed by atoms with Gasteiger partial charge in [-0.1, -0.05) is 37.7 Å². The van der Waals surface area contributed by atoms with Gasteiger partial charge in [0.15, 0.2) is 0 Å². The van der Waals surface area contributed by atoms with Gasteiger partial charge in [-0.3, -0.25) is 4.79 Å². The van der Waals surface area contributed by atoms with Gasteiger partial charge in [0, 0.05) is 11.0 Å². The molecule has 0 spiro atoms. The van der Waals surface area contributed by atoms with Crippen molar-refractivity contribution >= 4 is 11.6 Å². The van der Waals surface area contributed by atoms with Crippen LogP contribution in [0.15, 0.2) is 18.2 Å². The van der Waals surface area contributed by atoms with Crippen molar-refractivity contribution in [3.63, 3.8) is 0 Å². The van der Waals surface area contributed by atoms with Crippen LogP contribution >= 0.6 is 0 Å². The van der Waals surface area contributed by atoms with Crippen LogP contribution in [0.5, 0.6) is 0 Å². The van der Waals surface area contributed by atoms with Crippen molar-refractivity contribution in [1.29, 1.82) is 0 Å². The summed E-state index contributed by atoms with van der Waals surface area (Å²) in [5.41, 5.74) is 8.02. The number of hydrogen-bond donors (Lipinski definition) is 2. The molecular weight excluding hydrogens is 260 g/mol. The van der Waals surface area contributed by atoms with E-state index in [1.54, 1.807) is 0 Å². The highest BCUT2D eigenvalue weighted by Gasteiger charge is 2.39. The first-order chi connectivity index (χ1) is 10.1. The van der Waals surface area contributed by atoms with Crippen molar-refractivity contribution < 1.29 is 4.79 Å². The van der Waals surface area contributed by atoms with Gasteiger partial charge in [0.2, 0.25) is 5.91 Å². The predicted octanol–water partition coefficient (Wildman–Crippen LogP) is 3.21. The van der Waals surface area contributed by atoms with Crippen LogP contribution in [-0.4, -0.2) is 12.5 Å². The van der Waals surface area contributed by atoms with Crippen molar-refractivity contribution in [2.75, 3.05) is 11.9 Å². The van der Waals surface area contributed by atoms with Gasteiger partial charge < -0.3 is 11.1 Å². The number of aryl methyl sites for hydroxylation is 1. The summed E-state index contributed by atoms with van der Waals surface area (Å²) in [7, 11) is 0. The second kappa shape index (κ2) is 6.78. The van der Waals surface area contributed by atoms with Gasteiger partial charge in [0.05, 0.1) is 12.2 Å².